The minimum absolute atomic E-state index is 0.592. The van der Waals surface area contributed by atoms with Gasteiger partial charge in [0.25, 0.3) is 0 Å². The molecule has 2 aliphatic heterocycles. The Bertz CT molecular complexity index is 1290. The Morgan fingerprint density at radius 2 is 1.83 bits per heavy atom. The summed E-state index contributed by atoms with van der Waals surface area (Å²) in [5.74, 6) is 1.57. The summed E-state index contributed by atoms with van der Waals surface area (Å²) in [7, 11) is 3.90. The average molecular weight is 484 g/mol. The lowest BCUT2D eigenvalue weighted by molar-refractivity contribution is 0.141. The Morgan fingerprint density at radius 1 is 1.03 bits per heavy atom. The first kappa shape index (κ1) is 23.2. The van der Waals surface area contributed by atoms with Crippen molar-refractivity contribution in [3.8, 4) is 11.8 Å². The van der Waals surface area contributed by atoms with Crippen molar-refractivity contribution in [3.05, 3.63) is 53.2 Å². The Balaban J connectivity index is 1.10. The second-order valence-electron chi connectivity index (χ2n) is 10.8. The molecule has 0 spiro atoms. The van der Waals surface area contributed by atoms with E-state index in [-0.39, 0.29) is 0 Å². The topological polar surface area (TPSA) is 56.5 Å². The van der Waals surface area contributed by atoms with Crippen LogP contribution in [0.2, 0.25) is 0 Å². The highest BCUT2D eigenvalue weighted by Gasteiger charge is 2.31. The fourth-order valence-corrected chi connectivity index (χ4v) is 6.82. The molecule has 188 valence electrons. The monoisotopic (exact) mass is 483 g/mol. The maximum absolute atomic E-state index is 9.38. The third kappa shape index (κ3) is 4.20. The van der Waals surface area contributed by atoms with Gasteiger partial charge in [-0.2, -0.15) is 5.26 Å². The molecule has 0 atom stereocenters. The van der Waals surface area contributed by atoms with Crippen LogP contribution in [0.3, 0.4) is 0 Å². The minimum atomic E-state index is 0.592. The van der Waals surface area contributed by atoms with Gasteiger partial charge in [0.1, 0.15) is 5.75 Å². The number of piperazine rings is 1. The molecule has 3 aromatic rings. The van der Waals surface area contributed by atoms with E-state index in [0.29, 0.717) is 12.0 Å². The Kier molecular flexibility index (Phi) is 6.27. The molecule has 1 saturated carbocycles. The van der Waals surface area contributed by atoms with E-state index >= 15 is 0 Å². The Morgan fingerprint density at radius 3 is 2.58 bits per heavy atom. The smallest absolute Gasteiger partial charge is 0.121 e. The van der Waals surface area contributed by atoms with Gasteiger partial charge in [-0.3, -0.25) is 4.90 Å². The molecule has 3 heterocycles. The number of fused-ring (bicyclic) bond motifs is 2. The zero-order valence-corrected chi connectivity index (χ0v) is 21.6. The zero-order chi connectivity index (χ0) is 24.6. The number of aromatic nitrogens is 1. The van der Waals surface area contributed by atoms with E-state index in [9.17, 15) is 5.26 Å². The second-order valence-corrected chi connectivity index (χ2v) is 10.8. The molecular formula is C30H37N5O. The summed E-state index contributed by atoms with van der Waals surface area (Å²) in [5, 5.41) is 14.3. The van der Waals surface area contributed by atoms with E-state index in [4.69, 9.17) is 4.74 Å². The summed E-state index contributed by atoms with van der Waals surface area (Å²) in [6.07, 6.45) is 9.60. The first-order valence-corrected chi connectivity index (χ1v) is 13.6. The van der Waals surface area contributed by atoms with Crippen LogP contribution < -0.4 is 15.0 Å². The van der Waals surface area contributed by atoms with E-state index in [0.717, 1.165) is 50.5 Å². The Hall–Kier alpha value is -3.17. The number of anilines is 2. The van der Waals surface area contributed by atoms with Crippen molar-refractivity contribution in [2.24, 2.45) is 7.05 Å². The molecule has 3 aliphatic rings. The van der Waals surface area contributed by atoms with E-state index in [1.54, 1.807) is 7.11 Å². The number of ether oxygens (including phenoxy) is 1. The number of methoxy groups -OCH3 is 1. The molecule has 2 fully saturated rings. The maximum atomic E-state index is 9.38. The van der Waals surface area contributed by atoms with Crippen molar-refractivity contribution < 1.29 is 4.74 Å². The predicted octanol–water partition coefficient (Wildman–Crippen LogP) is 5.27. The summed E-state index contributed by atoms with van der Waals surface area (Å²) in [6, 6.07) is 13.5. The highest BCUT2D eigenvalue weighted by molar-refractivity contribution is 5.86. The molecule has 1 N–H and O–H groups in total. The third-order valence-corrected chi connectivity index (χ3v) is 8.79. The highest BCUT2D eigenvalue weighted by Crippen LogP contribution is 2.40. The second kappa shape index (κ2) is 9.71. The first-order valence-electron chi connectivity index (χ1n) is 13.6. The number of rotatable bonds is 4. The normalized spacial score (nSPS) is 22.6. The molecule has 1 aromatic heterocycles. The molecular weight excluding hydrogens is 446 g/mol. The van der Waals surface area contributed by atoms with Crippen molar-refractivity contribution in [2.75, 3.05) is 50.1 Å². The summed E-state index contributed by atoms with van der Waals surface area (Å²) in [6.45, 7) is 5.45. The number of hydrogen-bond acceptors (Lipinski definition) is 5. The lowest BCUT2D eigenvalue weighted by atomic mass is 9.81. The van der Waals surface area contributed by atoms with Gasteiger partial charge in [0.2, 0.25) is 0 Å². The molecule has 0 bridgehead atoms. The predicted molar refractivity (Wildman–Crippen MR) is 146 cm³/mol. The Labute approximate surface area is 214 Å². The van der Waals surface area contributed by atoms with Gasteiger partial charge in [0.05, 0.1) is 30.1 Å². The SMILES string of the molecule is COc1cc2c(c(N3CCN(C4CCC(c5cn(C)c6ccc(C#N)cc56)CC4)CC3)c1)NCCC2. The van der Waals surface area contributed by atoms with Gasteiger partial charge in [-0.25, -0.2) is 0 Å². The molecule has 2 aromatic carbocycles. The van der Waals surface area contributed by atoms with Gasteiger partial charge in [-0.1, -0.05) is 0 Å². The molecule has 6 rings (SSSR count). The van der Waals surface area contributed by atoms with Crippen LogP contribution in [-0.2, 0) is 13.5 Å². The standard InChI is InChI=1S/C30H37N5O/c1-33-20-27(26-16-21(19-31)5-10-28(26)33)22-6-8-24(9-7-22)34-12-14-35(15-13-34)29-18-25(36-2)17-23-4-3-11-32-30(23)29/h5,10,16-18,20,22,24,32H,3-4,6-9,11-15H2,1-2H3. The van der Waals surface area contributed by atoms with Crippen LogP contribution in [0.5, 0.6) is 5.75 Å². The maximum Gasteiger partial charge on any atom is 0.121 e. The number of aryl methyl sites for hydroxylation is 2. The average Bonchev–Trinajstić information content (AvgIpc) is 3.28. The zero-order valence-electron chi connectivity index (χ0n) is 21.6. The minimum Gasteiger partial charge on any atom is -0.497 e. The third-order valence-electron chi connectivity index (χ3n) is 8.79. The van der Waals surface area contributed by atoms with Crippen LogP contribution in [0, 0.1) is 11.3 Å². The fourth-order valence-electron chi connectivity index (χ4n) is 6.82. The molecule has 36 heavy (non-hydrogen) atoms. The van der Waals surface area contributed by atoms with Crippen LogP contribution in [0.25, 0.3) is 10.9 Å². The largest absolute Gasteiger partial charge is 0.497 e. The van der Waals surface area contributed by atoms with Crippen LogP contribution in [-0.4, -0.2) is 55.3 Å². The van der Waals surface area contributed by atoms with Gasteiger partial charge in [0.15, 0.2) is 0 Å². The number of benzene rings is 2. The number of hydrogen-bond donors (Lipinski definition) is 1. The molecule has 0 unspecified atom stereocenters. The van der Waals surface area contributed by atoms with Crippen molar-refractivity contribution in [1.82, 2.24) is 9.47 Å². The summed E-state index contributed by atoms with van der Waals surface area (Å²) < 4.78 is 7.86. The van der Waals surface area contributed by atoms with E-state index in [1.165, 1.54) is 65.5 Å². The van der Waals surface area contributed by atoms with E-state index < -0.39 is 0 Å². The van der Waals surface area contributed by atoms with Crippen LogP contribution >= 0.6 is 0 Å². The quantitative estimate of drug-likeness (QED) is 0.548. The van der Waals surface area contributed by atoms with Crippen molar-refractivity contribution in [3.63, 3.8) is 0 Å². The van der Waals surface area contributed by atoms with Crippen LogP contribution in [0.1, 0.15) is 54.7 Å². The lowest BCUT2D eigenvalue weighted by Gasteiger charge is -2.43. The van der Waals surface area contributed by atoms with Gasteiger partial charge < -0.3 is 19.5 Å². The van der Waals surface area contributed by atoms with Crippen molar-refractivity contribution in [1.29, 1.82) is 5.26 Å². The molecule has 1 aliphatic carbocycles. The summed E-state index contributed by atoms with van der Waals surface area (Å²) in [4.78, 5) is 5.30. The summed E-state index contributed by atoms with van der Waals surface area (Å²) >= 11 is 0. The van der Waals surface area contributed by atoms with Gasteiger partial charge in [-0.05, 0) is 79.8 Å². The van der Waals surface area contributed by atoms with Crippen LogP contribution in [0.4, 0.5) is 11.4 Å². The molecule has 0 radical (unpaired) electrons. The van der Waals surface area contributed by atoms with Gasteiger partial charge in [0, 0.05) is 69.0 Å². The lowest BCUT2D eigenvalue weighted by Crippen LogP contribution is -2.51. The number of nitrogens with one attached hydrogen (secondary N) is 1. The number of nitrogens with zero attached hydrogens (tertiary/aromatic N) is 4. The molecule has 6 nitrogen and oxygen atoms in total. The van der Waals surface area contributed by atoms with Crippen molar-refractivity contribution >= 4 is 22.3 Å². The van der Waals surface area contributed by atoms with Crippen molar-refractivity contribution in [2.45, 2.75) is 50.5 Å². The molecule has 1 saturated heterocycles. The molecule has 6 heteroatoms. The highest BCUT2D eigenvalue weighted by atomic mass is 16.5. The van der Waals surface area contributed by atoms with Gasteiger partial charge in [-0.15, -0.1) is 0 Å². The fraction of sp³-hybridized carbons (Fsp3) is 0.500. The van der Waals surface area contributed by atoms with E-state index in [2.05, 4.69) is 63.3 Å². The van der Waals surface area contributed by atoms with Gasteiger partial charge >= 0.3 is 0 Å². The first-order chi connectivity index (χ1) is 17.6. The number of nitriles is 1. The van der Waals surface area contributed by atoms with E-state index in [1.807, 2.05) is 6.07 Å². The van der Waals surface area contributed by atoms with Crippen LogP contribution in [0.15, 0.2) is 36.5 Å². The molecule has 0 amide bonds. The summed E-state index contributed by atoms with van der Waals surface area (Å²) in [5.41, 5.74) is 7.46.